The van der Waals surface area contributed by atoms with E-state index in [1.807, 2.05) is 6.07 Å². The molecule has 92 valence electrons. The smallest absolute Gasteiger partial charge is 0.347 e. The molecule has 1 aliphatic heterocycles. The molecule has 0 saturated carbocycles. The van der Waals surface area contributed by atoms with Crippen LogP contribution in [0.1, 0.15) is 12.0 Å². The van der Waals surface area contributed by atoms with Crippen LogP contribution in [0.5, 0.6) is 11.5 Å². The Labute approximate surface area is 99.5 Å². The molecule has 2 rings (SSSR count). The van der Waals surface area contributed by atoms with Gasteiger partial charge in [0.1, 0.15) is 0 Å². The SMILES string of the molecule is COc1cc(CN)ccc1OC1CCOC1=O. The first-order valence-corrected chi connectivity index (χ1v) is 5.45. The first kappa shape index (κ1) is 11.7. The minimum atomic E-state index is -0.535. The molecular weight excluding hydrogens is 222 g/mol. The maximum Gasteiger partial charge on any atom is 0.347 e. The number of benzene rings is 1. The van der Waals surface area contributed by atoms with Crippen molar-refractivity contribution in [2.45, 2.75) is 19.1 Å². The maximum absolute atomic E-state index is 11.3. The number of carbonyl (C=O) groups excluding carboxylic acids is 1. The predicted octanol–water partition coefficient (Wildman–Crippen LogP) is 0.848. The molecule has 1 fully saturated rings. The van der Waals surface area contributed by atoms with Crippen molar-refractivity contribution < 1.29 is 19.0 Å². The van der Waals surface area contributed by atoms with Crippen molar-refractivity contribution in [1.82, 2.24) is 0 Å². The quantitative estimate of drug-likeness (QED) is 0.786. The average molecular weight is 237 g/mol. The Hall–Kier alpha value is -1.75. The Bertz CT molecular complexity index is 419. The molecule has 1 aromatic carbocycles. The van der Waals surface area contributed by atoms with Crippen LogP contribution in [0.25, 0.3) is 0 Å². The van der Waals surface area contributed by atoms with Crippen LogP contribution in [0, 0.1) is 0 Å². The third kappa shape index (κ3) is 2.50. The molecule has 1 atom stereocenters. The van der Waals surface area contributed by atoms with Gasteiger partial charge in [-0.3, -0.25) is 0 Å². The molecule has 0 amide bonds. The van der Waals surface area contributed by atoms with Crippen molar-refractivity contribution in [3.63, 3.8) is 0 Å². The third-order valence-corrected chi connectivity index (χ3v) is 2.62. The average Bonchev–Trinajstić information content (AvgIpc) is 2.75. The second-order valence-electron chi connectivity index (χ2n) is 3.75. The minimum absolute atomic E-state index is 0.324. The monoisotopic (exact) mass is 237 g/mol. The van der Waals surface area contributed by atoms with Crippen molar-refractivity contribution in [2.24, 2.45) is 5.73 Å². The van der Waals surface area contributed by atoms with Crippen LogP contribution in [-0.4, -0.2) is 25.8 Å². The van der Waals surface area contributed by atoms with Gasteiger partial charge >= 0.3 is 5.97 Å². The molecule has 0 spiro atoms. The number of hydrogen-bond donors (Lipinski definition) is 1. The molecule has 2 N–H and O–H groups in total. The Morgan fingerprint density at radius 3 is 2.88 bits per heavy atom. The first-order chi connectivity index (χ1) is 8.24. The van der Waals surface area contributed by atoms with E-state index in [9.17, 15) is 4.79 Å². The van der Waals surface area contributed by atoms with Crippen LogP contribution in [0.4, 0.5) is 0 Å². The number of rotatable bonds is 4. The summed E-state index contributed by atoms with van der Waals surface area (Å²) in [6.07, 6.45) is 0.0355. The van der Waals surface area contributed by atoms with E-state index in [1.54, 1.807) is 19.2 Å². The molecule has 1 saturated heterocycles. The summed E-state index contributed by atoms with van der Waals surface area (Å²) in [6, 6.07) is 5.40. The summed E-state index contributed by atoms with van der Waals surface area (Å²) >= 11 is 0. The fourth-order valence-electron chi connectivity index (χ4n) is 1.67. The highest BCUT2D eigenvalue weighted by Gasteiger charge is 2.29. The van der Waals surface area contributed by atoms with Crippen LogP contribution < -0.4 is 15.2 Å². The van der Waals surface area contributed by atoms with Gasteiger partial charge in [-0.2, -0.15) is 0 Å². The zero-order valence-electron chi connectivity index (χ0n) is 9.64. The lowest BCUT2D eigenvalue weighted by atomic mass is 10.2. The molecule has 1 aliphatic rings. The molecule has 5 nitrogen and oxygen atoms in total. The van der Waals surface area contributed by atoms with Gasteiger partial charge in [-0.15, -0.1) is 0 Å². The number of hydrogen-bond acceptors (Lipinski definition) is 5. The highest BCUT2D eigenvalue weighted by Crippen LogP contribution is 2.30. The van der Waals surface area contributed by atoms with Crippen LogP contribution in [0.3, 0.4) is 0 Å². The van der Waals surface area contributed by atoms with Crippen molar-refractivity contribution in [2.75, 3.05) is 13.7 Å². The van der Waals surface area contributed by atoms with Gasteiger partial charge in [0.05, 0.1) is 13.7 Å². The number of esters is 1. The Morgan fingerprint density at radius 1 is 1.47 bits per heavy atom. The number of cyclic esters (lactones) is 1. The van der Waals surface area contributed by atoms with Crippen molar-refractivity contribution >= 4 is 5.97 Å². The van der Waals surface area contributed by atoms with E-state index >= 15 is 0 Å². The van der Waals surface area contributed by atoms with E-state index < -0.39 is 6.10 Å². The molecule has 17 heavy (non-hydrogen) atoms. The molecule has 5 heteroatoms. The summed E-state index contributed by atoms with van der Waals surface area (Å²) in [7, 11) is 1.55. The van der Waals surface area contributed by atoms with Crippen molar-refractivity contribution in [1.29, 1.82) is 0 Å². The fourth-order valence-corrected chi connectivity index (χ4v) is 1.67. The standard InChI is InChI=1S/C12H15NO4/c1-15-11-6-8(7-13)2-3-9(11)17-10-4-5-16-12(10)14/h2-3,6,10H,4-5,7,13H2,1H3. The van der Waals surface area contributed by atoms with Gasteiger partial charge in [0.25, 0.3) is 0 Å². The lowest BCUT2D eigenvalue weighted by Crippen LogP contribution is -2.22. The summed E-state index contributed by atoms with van der Waals surface area (Å²) in [5.74, 6) is 0.788. The Balaban J connectivity index is 2.17. The Morgan fingerprint density at radius 2 is 2.29 bits per heavy atom. The molecule has 0 aliphatic carbocycles. The zero-order chi connectivity index (χ0) is 12.3. The highest BCUT2D eigenvalue weighted by molar-refractivity contribution is 5.77. The van der Waals surface area contributed by atoms with E-state index in [0.717, 1.165) is 5.56 Å². The Kier molecular flexibility index (Phi) is 3.49. The van der Waals surface area contributed by atoms with E-state index in [2.05, 4.69) is 0 Å². The molecule has 0 bridgehead atoms. The summed E-state index contributed by atoms with van der Waals surface area (Å²) in [6.45, 7) is 0.842. The van der Waals surface area contributed by atoms with E-state index in [4.69, 9.17) is 19.9 Å². The molecule has 0 radical (unpaired) electrons. The molecule has 1 heterocycles. The van der Waals surface area contributed by atoms with Crippen LogP contribution >= 0.6 is 0 Å². The van der Waals surface area contributed by atoms with Gasteiger partial charge in [0, 0.05) is 13.0 Å². The highest BCUT2D eigenvalue weighted by atomic mass is 16.6. The molecule has 0 aromatic heterocycles. The van der Waals surface area contributed by atoms with Crippen LogP contribution in [-0.2, 0) is 16.1 Å². The number of carbonyl (C=O) groups is 1. The maximum atomic E-state index is 11.3. The summed E-state index contributed by atoms with van der Waals surface area (Å²) in [5.41, 5.74) is 6.49. The van der Waals surface area contributed by atoms with Crippen molar-refractivity contribution in [3.05, 3.63) is 23.8 Å². The lowest BCUT2D eigenvalue weighted by molar-refractivity contribution is -0.143. The second-order valence-corrected chi connectivity index (χ2v) is 3.75. The number of methoxy groups -OCH3 is 1. The fraction of sp³-hybridized carbons (Fsp3) is 0.417. The predicted molar refractivity (Wildman–Crippen MR) is 60.9 cm³/mol. The van der Waals surface area contributed by atoms with E-state index in [0.29, 0.717) is 31.1 Å². The summed E-state index contributed by atoms with van der Waals surface area (Å²) in [5, 5.41) is 0. The molecule has 1 aromatic rings. The normalized spacial score (nSPS) is 18.9. The van der Waals surface area contributed by atoms with Crippen LogP contribution in [0.15, 0.2) is 18.2 Å². The lowest BCUT2D eigenvalue weighted by Gasteiger charge is -2.14. The summed E-state index contributed by atoms with van der Waals surface area (Å²) < 4.78 is 15.6. The van der Waals surface area contributed by atoms with Gasteiger partial charge < -0.3 is 19.9 Å². The topological polar surface area (TPSA) is 70.8 Å². The van der Waals surface area contributed by atoms with Gasteiger partial charge in [0.2, 0.25) is 0 Å². The summed E-state index contributed by atoms with van der Waals surface area (Å²) in [4.78, 5) is 11.3. The van der Waals surface area contributed by atoms with E-state index in [-0.39, 0.29) is 5.97 Å². The first-order valence-electron chi connectivity index (χ1n) is 5.45. The third-order valence-electron chi connectivity index (χ3n) is 2.62. The molecular formula is C12H15NO4. The second kappa shape index (κ2) is 5.05. The minimum Gasteiger partial charge on any atom is -0.493 e. The van der Waals surface area contributed by atoms with Gasteiger partial charge in [-0.25, -0.2) is 4.79 Å². The number of ether oxygens (including phenoxy) is 3. The van der Waals surface area contributed by atoms with Gasteiger partial charge in [-0.05, 0) is 17.7 Å². The number of nitrogens with two attached hydrogens (primary N) is 1. The van der Waals surface area contributed by atoms with Crippen LogP contribution in [0.2, 0.25) is 0 Å². The van der Waals surface area contributed by atoms with E-state index in [1.165, 1.54) is 0 Å². The molecule has 1 unspecified atom stereocenters. The zero-order valence-corrected chi connectivity index (χ0v) is 9.64. The van der Waals surface area contributed by atoms with Gasteiger partial charge in [-0.1, -0.05) is 6.07 Å². The van der Waals surface area contributed by atoms with Crippen molar-refractivity contribution in [3.8, 4) is 11.5 Å². The largest absolute Gasteiger partial charge is 0.493 e. The van der Waals surface area contributed by atoms with Gasteiger partial charge in [0.15, 0.2) is 17.6 Å².